The Kier molecular flexibility index (Phi) is 5.59. The molecule has 0 unspecified atom stereocenters. The second-order valence-corrected chi connectivity index (χ2v) is 8.62. The van der Waals surface area contributed by atoms with Crippen LogP contribution in [0.5, 0.6) is 5.88 Å². The third kappa shape index (κ3) is 4.68. The van der Waals surface area contributed by atoms with E-state index in [4.69, 9.17) is 24.5 Å². The molecule has 0 aliphatic carbocycles. The van der Waals surface area contributed by atoms with E-state index in [-0.39, 0.29) is 12.0 Å². The molecule has 1 fully saturated rings. The lowest BCUT2D eigenvalue weighted by atomic mass is 9.80. The number of amides is 1. The summed E-state index contributed by atoms with van der Waals surface area (Å²) in [6.45, 7) is 14.0. The predicted octanol–water partition coefficient (Wildman–Crippen LogP) is 2.27. The summed E-state index contributed by atoms with van der Waals surface area (Å²) in [6.07, 6.45) is 0.405. The van der Waals surface area contributed by atoms with Crippen molar-refractivity contribution in [3.63, 3.8) is 0 Å². The van der Waals surface area contributed by atoms with Crippen LogP contribution in [0.1, 0.15) is 48.5 Å². The standard InChI is InChI=1S/C18H29BN2O5/c1-16(2,3)13(11-23-15(20)22)24-14-10-12(8-9-21-14)19-25-17(4,5)18(6,7)26-19/h8-10,13H,11H2,1-7H3,(H2,20,22)/t13-/m0/s1. The third-order valence-corrected chi connectivity index (χ3v) is 4.89. The van der Waals surface area contributed by atoms with E-state index in [1.54, 1.807) is 12.3 Å². The lowest BCUT2D eigenvalue weighted by Gasteiger charge is -2.32. The van der Waals surface area contributed by atoms with Crippen molar-refractivity contribution in [1.82, 2.24) is 4.98 Å². The zero-order valence-electron chi connectivity index (χ0n) is 16.7. The molecule has 2 rings (SSSR count). The third-order valence-electron chi connectivity index (χ3n) is 4.89. The number of hydrogen-bond donors (Lipinski definition) is 1. The van der Waals surface area contributed by atoms with Crippen molar-refractivity contribution >= 4 is 18.7 Å². The molecule has 0 radical (unpaired) electrons. The van der Waals surface area contributed by atoms with Crippen molar-refractivity contribution in [2.75, 3.05) is 6.61 Å². The molecule has 0 bridgehead atoms. The van der Waals surface area contributed by atoms with Gasteiger partial charge in [-0.3, -0.25) is 0 Å². The number of primary amides is 1. The summed E-state index contributed by atoms with van der Waals surface area (Å²) < 4.78 is 23.0. The van der Waals surface area contributed by atoms with E-state index in [0.717, 1.165) is 5.46 Å². The number of pyridine rings is 1. The first-order valence-corrected chi connectivity index (χ1v) is 8.72. The van der Waals surface area contributed by atoms with Gasteiger partial charge in [0.2, 0.25) is 5.88 Å². The molecule has 2 heterocycles. The van der Waals surface area contributed by atoms with Crippen LogP contribution in [0, 0.1) is 5.41 Å². The fourth-order valence-electron chi connectivity index (χ4n) is 2.38. The Balaban J connectivity index is 2.17. The van der Waals surface area contributed by atoms with Crippen molar-refractivity contribution in [3.05, 3.63) is 18.3 Å². The highest BCUT2D eigenvalue weighted by molar-refractivity contribution is 6.62. The number of nitrogens with two attached hydrogens (primary N) is 1. The minimum atomic E-state index is -0.832. The normalized spacial score (nSPS) is 19.9. The number of carbonyl (C=O) groups excluding carboxylic acids is 1. The molecule has 0 saturated carbocycles. The molecule has 1 saturated heterocycles. The van der Waals surface area contributed by atoms with Crippen molar-refractivity contribution in [2.24, 2.45) is 11.1 Å². The summed E-state index contributed by atoms with van der Waals surface area (Å²) >= 11 is 0. The molecule has 1 aliphatic rings. The molecule has 7 nitrogen and oxygen atoms in total. The Morgan fingerprint density at radius 1 is 1.27 bits per heavy atom. The van der Waals surface area contributed by atoms with Gasteiger partial charge in [-0.05, 0) is 39.2 Å². The maximum absolute atomic E-state index is 10.9. The first kappa shape index (κ1) is 20.5. The Labute approximate surface area is 155 Å². The van der Waals surface area contributed by atoms with Gasteiger partial charge in [-0.1, -0.05) is 20.8 Å². The van der Waals surface area contributed by atoms with Crippen LogP contribution in [0.25, 0.3) is 0 Å². The molecule has 1 aromatic heterocycles. The molecule has 1 atom stereocenters. The van der Waals surface area contributed by atoms with Gasteiger partial charge in [0.05, 0.1) is 11.2 Å². The van der Waals surface area contributed by atoms with Crippen LogP contribution < -0.4 is 15.9 Å². The molecule has 1 aromatic rings. The fourth-order valence-corrected chi connectivity index (χ4v) is 2.38. The molecule has 26 heavy (non-hydrogen) atoms. The lowest BCUT2D eigenvalue weighted by molar-refractivity contribution is 0.00578. The Hall–Kier alpha value is -1.80. The molecule has 2 N–H and O–H groups in total. The van der Waals surface area contributed by atoms with Crippen molar-refractivity contribution < 1.29 is 23.6 Å². The van der Waals surface area contributed by atoms with Crippen LogP contribution in [0.4, 0.5) is 4.79 Å². The minimum absolute atomic E-state index is 0.0429. The summed E-state index contributed by atoms with van der Waals surface area (Å²) in [7, 11) is -0.500. The first-order chi connectivity index (χ1) is 11.8. The zero-order chi connectivity index (χ0) is 19.8. The van der Waals surface area contributed by atoms with Crippen LogP contribution in [0.3, 0.4) is 0 Å². The quantitative estimate of drug-likeness (QED) is 0.806. The molecular weight excluding hydrogens is 335 g/mol. The van der Waals surface area contributed by atoms with Gasteiger partial charge in [0.15, 0.2) is 0 Å². The molecule has 8 heteroatoms. The Morgan fingerprint density at radius 3 is 2.35 bits per heavy atom. The van der Waals surface area contributed by atoms with E-state index in [2.05, 4.69) is 4.98 Å². The van der Waals surface area contributed by atoms with Crippen LogP contribution in [0.2, 0.25) is 0 Å². The van der Waals surface area contributed by atoms with Crippen molar-refractivity contribution in [3.8, 4) is 5.88 Å². The number of ether oxygens (including phenoxy) is 2. The second-order valence-electron chi connectivity index (χ2n) is 8.62. The smallest absolute Gasteiger partial charge is 0.470 e. The number of hydrogen-bond acceptors (Lipinski definition) is 6. The number of rotatable bonds is 5. The van der Waals surface area contributed by atoms with Crippen LogP contribution in [-0.2, 0) is 14.0 Å². The monoisotopic (exact) mass is 364 g/mol. The number of aromatic nitrogens is 1. The topological polar surface area (TPSA) is 92.9 Å². The summed E-state index contributed by atoms with van der Waals surface area (Å²) in [5.74, 6) is 0.408. The van der Waals surface area contributed by atoms with Crippen molar-refractivity contribution in [2.45, 2.75) is 65.8 Å². The van der Waals surface area contributed by atoms with Gasteiger partial charge >= 0.3 is 13.2 Å². The summed E-state index contributed by atoms with van der Waals surface area (Å²) in [5.41, 5.74) is 4.76. The maximum Gasteiger partial charge on any atom is 0.495 e. The van der Waals surface area contributed by atoms with E-state index in [1.807, 2.05) is 54.5 Å². The van der Waals surface area contributed by atoms with Gasteiger partial charge in [-0.15, -0.1) is 0 Å². The molecular formula is C18H29BN2O5. The highest BCUT2D eigenvalue weighted by Gasteiger charge is 2.51. The SMILES string of the molecule is CC(C)(C)[C@H](COC(N)=O)Oc1cc(B2OC(C)(C)C(C)(C)O2)ccn1. The second kappa shape index (κ2) is 7.08. The van der Waals surface area contributed by atoms with E-state index < -0.39 is 30.5 Å². The van der Waals surface area contributed by atoms with Gasteiger partial charge in [0.25, 0.3) is 0 Å². The average molecular weight is 364 g/mol. The van der Waals surface area contributed by atoms with E-state index in [1.165, 1.54) is 0 Å². The van der Waals surface area contributed by atoms with Gasteiger partial charge in [0, 0.05) is 17.7 Å². The highest BCUT2D eigenvalue weighted by atomic mass is 16.7. The van der Waals surface area contributed by atoms with E-state index >= 15 is 0 Å². The summed E-state index contributed by atoms with van der Waals surface area (Å²) in [4.78, 5) is 15.2. The molecule has 1 amide bonds. The molecule has 0 spiro atoms. The van der Waals surface area contributed by atoms with Crippen LogP contribution >= 0.6 is 0 Å². The molecule has 144 valence electrons. The first-order valence-electron chi connectivity index (χ1n) is 8.72. The van der Waals surface area contributed by atoms with Gasteiger partial charge < -0.3 is 24.5 Å². The Morgan fingerprint density at radius 2 is 1.85 bits per heavy atom. The number of carbonyl (C=O) groups is 1. The molecule has 1 aliphatic heterocycles. The van der Waals surface area contributed by atoms with Gasteiger partial charge in [-0.25, -0.2) is 9.78 Å². The van der Waals surface area contributed by atoms with Crippen LogP contribution in [-0.4, -0.2) is 42.1 Å². The maximum atomic E-state index is 10.9. The Bertz CT molecular complexity index is 641. The molecule has 0 aromatic carbocycles. The predicted molar refractivity (Wildman–Crippen MR) is 99.4 cm³/mol. The fraction of sp³-hybridized carbons (Fsp3) is 0.667. The number of nitrogens with zero attached hydrogens (tertiary/aromatic N) is 1. The van der Waals surface area contributed by atoms with E-state index in [9.17, 15) is 4.79 Å². The zero-order valence-corrected chi connectivity index (χ0v) is 16.7. The van der Waals surface area contributed by atoms with Crippen molar-refractivity contribution in [1.29, 1.82) is 0 Å². The van der Waals surface area contributed by atoms with Crippen LogP contribution in [0.15, 0.2) is 18.3 Å². The minimum Gasteiger partial charge on any atom is -0.470 e. The largest absolute Gasteiger partial charge is 0.495 e. The highest BCUT2D eigenvalue weighted by Crippen LogP contribution is 2.36. The average Bonchev–Trinajstić information content (AvgIpc) is 2.71. The summed E-state index contributed by atoms with van der Waals surface area (Å²) in [5, 5.41) is 0. The lowest BCUT2D eigenvalue weighted by Crippen LogP contribution is -2.41. The summed E-state index contributed by atoms with van der Waals surface area (Å²) in [6, 6.07) is 3.62. The van der Waals surface area contributed by atoms with Gasteiger partial charge in [0.1, 0.15) is 12.7 Å². The van der Waals surface area contributed by atoms with Gasteiger partial charge in [-0.2, -0.15) is 0 Å². The van der Waals surface area contributed by atoms with E-state index in [0.29, 0.717) is 5.88 Å².